The molecule has 0 amide bonds. The molecule has 0 saturated carbocycles. The minimum Gasteiger partial charge on any atom is -0.491 e. The summed E-state index contributed by atoms with van der Waals surface area (Å²) in [7, 11) is 0. The Hall–Kier alpha value is -1.27. The summed E-state index contributed by atoms with van der Waals surface area (Å²) < 4.78 is 19.5. The molecule has 0 fully saturated rings. The molecule has 0 bridgehead atoms. The van der Waals surface area contributed by atoms with Crippen molar-refractivity contribution in [2.75, 3.05) is 12.3 Å². The van der Waals surface area contributed by atoms with Crippen LogP contribution in [0.15, 0.2) is 32.9 Å². The lowest BCUT2D eigenvalue weighted by molar-refractivity contribution is 0.321. The zero-order chi connectivity index (χ0) is 12.3. The molecule has 0 aliphatic carbocycles. The van der Waals surface area contributed by atoms with Crippen LogP contribution in [-0.2, 0) is 0 Å². The van der Waals surface area contributed by atoms with E-state index in [1.54, 1.807) is 12.3 Å². The van der Waals surface area contributed by atoms with Crippen LogP contribution in [-0.4, -0.2) is 11.6 Å². The molecule has 2 aromatic rings. The number of aromatic nitrogens is 1. The van der Waals surface area contributed by atoms with Crippen LogP contribution in [0.4, 0.5) is 10.1 Å². The predicted octanol–water partition coefficient (Wildman–Crippen LogP) is 3.41. The molecule has 3 nitrogen and oxygen atoms in total. The molecule has 0 unspecified atom stereocenters. The standard InChI is InChI=1S/C11H11FN2OS2/c1-2-15-9-6-10(8(13)5-7(9)12)17-11-14-3-4-16-11/h3-6H,2,13H2,1H3. The van der Waals surface area contributed by atoms with Crippen LogP contribution < -0.4 is 10.5 Å². The van der Waals surface area contributed by atoms with Crippen molar-refractivity contribution in [1.29, 1.82) is 0 Å². The van der Waals surface area contributed by atoms with E-state index in [9.17, 15) is 4.39 Å². The normalized spacial score (nSPS) is 10.5. The molecular weight excluding hydrogens is 259 g/mol. The maximum atomic E-state index is 13.5. The van der Waals surface area contributed by atoms with Crippen molar-refractivity contribution in [3.05, 3.63) is 29.5 Å². The van der Waals surface area contributed by atoms with Crippen LogP contribution in [0.3, 0.4) is 0 Å². The van der Waals surface area contributed by atoms with E-state index in [-0.39, 0.29) is 5.75 Å². The number of hydrogen-bond donors (Lipinski definition) is 1. The topological polar surface area (TPSA) is 48.1 Å². The molecule has 90 valence electrons. The Morgan fingerprint density at radius 3 is 3.00 bits per heavy atom. The Morgan fingerprint density at radius 1 is 1.53 bits per heavy atom. The van der Waals surface area contributed by atoms with Gasteiger partial charge < -0.3 is 10.5 Å². The number of nitrogens with zero attached hydrogens (tertiary/aromatic N) is 1. The van der Waals surface area contributed by atoms with Gasteiger partial charge in [-0.2, -0.15) is 0 Å². The number of benzene rings is 1. The lowest BCUT2D eigenvalue weighted by Gasteiger charge is -2.09. The molecule has 17 heavy (non-hydrogen) atoms. The van der Waals surface area contributed by atoms with Crippen molar-refractivity contribution in [1.82, 2.24) is 4.98 Å². The third-order valence-corrected chi connectivity index (χ3v) is 3.93. The van der Waals surface area contributed by atoms with Gasteiger partial charge in [-0.05, 0) is 13.0 Å². The van der Waals surface area contributed by atoms with Crippen LogP contribution >= 0.6 is 23.1 Å². The van der Waals surface area contributed by atoms with Crippen LogP contribution in [0.5, 0.6) is 5.75 Å². The Labute approximate surface area is 107 Å². The van der Waals surface area contributed by atoms with Crippen molar-refractivity contribution in [3.8, 4) is 5.75 Å². The summed E-state index contributed by atoms with van der Waals surface area (Å²) in [6.45, 7) is 2.23. The second-order valence-electron chi connectivity index (χ2n) is 3.15. The largest absolute Gasteiger partial charge is 0.491 e. The highest BCUT2D eigenvalue weighted by atomic mass is 32.2. The van der Waals surface area contributed by atoms with E-state index in [0.29, 0.717) is 12.3 Å². The second kappa shape index (κ2) is 5.37. The number of halogens is 1. The van der Waals surface area contributed by atoms with E-state index >= 15 is 0 Å². The molecule has 6 heteroatoms. The first-order valence-electron chi connectivity index (χ1n) is 5.00. The molecule has 1 aromatic heterocycles. The Morgan fingerprint density at radius 2 is 2.35 bits per heavy atom. The molecule has 2 N–H and O–H groups in total. The summed E-state index contributed by atoms with van der Waals surface area (Å²) in [6.07, 6.45) is 1.72. The minimum absolute atomic E-state index is 0.223. The van der Waals surface area contributed by atoms with E-state index in [1.807, 2.05) is 12.3 Å². The van der Waals surface area contributed by atoms with Gasteiger partial charge in [0.05, 0.1) is 6.61 Å². The van der Waals surface area contributed by atoms with E-state index in [4.69, 9.17) is 10.5 Å². The quantitative estimate of drug-likeness (QED) is 0.865. The fraction of sp³-hybridized carbons (Fsp3) is 0.182. The Kier molecular flexibility index (Phi) is 3.86. The number of thiazole rings is 1. The fourth-order valence-corrected chi connectivity index (χ4v) is 2.89. The van der Waals surface area contributed by atoms with E-state index in [0.717, 1.165) is 9.24 Å². The molecule has 2 rings (SSSR count). The minimum atomic E-state index is -0.437. The number of nitrogen functional groups attached to an aromatic ring is 1. The van der Waals surface area contributed by atoms with Crippen LogP contribution in [0.1, 0.15) is 6.92 Å². The smallest absolute Gasteiger partial charge is 0.167 e. The number of hydrogen-bond acceptors (Lipinski definition) is 5. The molecule has 0 atom stereocenters. The van der Waals surface area contributed by atoms with Gasteiger partial charge in [-0.25, -0.2) is 9.37 Å². The van der Waals surface area contributed by atoms with Gasteiger partial charge in [-0.15, -0.1) is 11.3 Å². The monoisotopic (exact) mass is 270 g/mol. The zero-order valence-corrected chi connectivity index (χ0v) is 10.8. The Balaban J connectivity index is 2.29. The molecule has 0 aliphatic rings. The van der Waals surface area contributed by atoms with Gasteiger partial charge in [-0.1, -0.05) is 11.8 Å². The van der Waals surface area contributed by atoms with Gasteiger partial charge in [0.25, 0.3) is 0 Å². The highest BCUT2D eigenvalue weighted by Crippen LogP contribution is 2.36. The Bertz CT molecular complexity index is 502. The van der Waals surface area contributed by atoms with Crippen molar-refractivity contribution in [3.63, 3.8) is 0 Å². The third kappa shape index (κ3) is 2.89. The molecular formula is C11H11FN2OS2. The van der Waals surface area contributed by atoms with Crippen LogP contribution in [0.2, 0.25) is 0 Å². The highest BCUT2D eigenvalue weighted by molar-refractivity contribution is 8.01. The summed E-state index contributed by atoms with van der Waals surface area (Å²) >= 11 is 2.92. The first-order valence-corrected chi connectivity index (χ1v) is 6.69. The SMILES string of the molecule is CCOc1cc(Sc2nccs2)c(N)cc1F. The van der Waals surface area contributed by atoms with Crippen molar-refractivity contribution >= 4 is 28.8 Å². The van der Waals surface area contributed by atoms with E-state index in [1.165, 1.54) is 29.2 Å². The molecule has 0 radical (unpaired) electrons. The van der Waals surface area contributed by atoms with Gasteiger partial charge in [0, 0.05) is 28.2 Å². The van der Waals surface area contributed by atoms with Gasteiger partial charge in [0.2, 0.25) is 0 Å². The first-order chi connectivity index (χ1) is 8.20. The lowest BCUT2D eigenvalue weighted by atomic mass is 10.3. The summed E-state index contributed by atoms with van der Waals surface area (Å²) in [5.74, 6) is -0.214. The third-order valence-electron chi connectivity index (χ3n) is 1.97. The predicted molar refractivity (Wildman–Crippen MR) is 68.2 cm³/mol. The van der Waals surface area contributed by atoms with Gasteiger partial charge in [0.15, 0.2) is 15.9 Å². The lowest BCUT2D eigenvalue weighted by Crippen LogP contribution is -1.97. The maximum absolute atomic E-state index is 13.5. The van der Waals surface area contributed by atoms with Gasteiger partial charge in [0.1, 0.15) is 0 Å². The van der Waals surface area contributed by atoms with Crippen molar-refractivity contribution in [2.45, 2.75) is 16.2 Å². The number of nitrogens with two attached hydrogens (primary N) is 1. The molecule has 1 aromatic carbocycles. The zero-order valence-electron chi connectivity index (χ0n) is 9.14. The van der Waals surface area contributed by atoms with Crippen molar-refractivity contribution in [2.24, 2.45) is 0 Å². The van der Waals surface area contributed by atoms with E-state index < -0.39 is 5.82 Å². The fourth-order valence-electron chi connectivity index (χ4n) is 1.26. The number of anilines is 1. The van der Waals surface area contributed by atoms with Crippen LogP contribution in [0, 0.1) is 5.82 Å². The van der Waals surface area contributed by atoms with Gasteiger partial charge >= 0.3 is 0 Å². The van der Waals surface area contributed by atoms with Crippen LogP contribution in [0.25, 0.3) is 0 Å². The summed E-state index contributed by atoms with van der Waals surface area (Å²) in [5, 5.41) is 1.88. The van der Waals surface area contributed by atoms with Gasteiger partial charge in [-0.3, -0.25) is 0 Å². The molecule has 1 heterocycles. The summed E-state index contributed by atoms with van der Waals surface area (Å²) in [5.41, 5.74) is 6.16. The molecule has 0 aliphatic heterocycles. The average molecular weight is 270 g/mol. The average Bonchev–Trinajstić information content (AvgIpc) is 2.78. The van der Waals surface area contributed by atoms with Crippen molar-refractivity contribution < 1.29 is 9.13 Å². The first kappa shape index (κ1) is 12.2. The number of rotatable bonds is 4. The molecule has 0 spiro atoms. The maximum Gasteiger partial charge on any atom is 0.167 e. The molecule has 0 saturated heterocycles. The second-order valence-corrected chi connectivity index (χ2v) is 5.34. The van der Waals surface area contributed by atoms with E-state index in [2.05, 4.69) is 4.98 Å². The highest BCUT2D eigenvalue weighted by Gasteiger charge is 2.11. The summed E-state index contributed by atoms with van der Waals surface area (Å²) in [4.78, 5) is 4.90. The summed E-state index contributed by atoms with van der Waals surface area (Å²) in [6, 6.07) is 2.89. The number of ether oxygens (including phenoxy) is 1.